The maximum atomic E-state index is 12.5. The van der Waals surface area contributed by atoms with E-state index in [1.54, 1.807) is 21.8 Å². The first kappa shape index (κ1) is 13.0. The van der Waals surface area contributed by atoms with Gasteiger partial charge < -0.3 is 0 Å². The maximum absolute atomic E-state index is 12.5. The molecule has 0 aliphatic heterocycles. The van der Waals surface area contributed by atoms with Crippen molar-refractivity contribution in [2.75, 3.05) is 0 Å². The van der Waals surface area contributed by atoms with Crippen molar-refractivity contribution >= 4 is 21.7 Å². The minimum absolute atomic E-state index is 0.0431. The van der Waals surface area contributed by atoms with E-state index in [0.29, 0.717) is 11.3 Å². The second kappa shape index (κ2) is 5.06. The lowest BCUT2D eigenvalue weighted by Crippen LogP contribution is -2.12. The lowest BCUT2D eigenvalue weighted by Gasteiger charge is -2.05. The van der Waals surface area contributed by atoms with E-state index >= 15 is 0 Å². The van der Waals surface area contributed by atoms with Crippen LogP contribution in [0.2, 0.25) is 0 Å². The van der Waals surface area contributed by atoms with Crippen LogP contribution in [0.25, 0.3) is 0 Å². The van der Waals surface area contributed by atoms with Crippen LogP contribution in [0.4, 0.5) is 0 Å². The summed E-state index contributed by atoms with van der Waals surface area (Å²) in [6, 6.07) is 0. The minimum Gasteiger partial charge on any atom is -0.287 e. The standard InChI is InChI=1S/C12H15BrN4O/c1-4-5-17-11(10(13)6-14-17)12(18)9-7-16(3)15-8(9)2/h6-7H,4-5H2,1-3H3. The molecule has 0 aliphatic carbocycles. The van der Waals surface area contributed by atoms with Crippen molar-refractivity contribution in [2.45, 2.75) is 26.8 Å². The summed E-state index contributed by atoms with van der Waals surface area (Å²) < 4.78 is 4.11. The van der Waals surface area contributed by atoms with E-state index in [2.05, 4.69) is 33.1 Å². The number of carbonyl (C=O) groups is 1. The number of halogens is 1. The second-order valence-electron chi connectivity index (χ2n) is 4.20. The van der Waals surface area contributed by atoms with Gasteiger partial charge in [-0.05, 0) is 29.3 Å². The van der Waals surface area contributed by atoms with Gasteiger partial charge in [0.2, 0.25) is 5.78 Å². The Morgan fingerprint density at radius 1 is 1.50 bits per heavy atom. The molecule has 0 fully saturated rings. The third-order valence-corrected chi connectivity index (χ3v) is 3.28. The highest BCUT2D eigenvalue weighted by atomic mass is 79.9. The zero-order chi connectivity index (χ0) is 13.3. The molecule has 0 saturated heterocycles. The Morgan fingerprint density at radius 3 is 2.78 bits per heavy atom. The zero-order valence-electron chi connectivity index (χ0n) is 10.6. The Labute approximate surface area is 114 Å². The van der Waals surface area contributed by atoms with Gasteiger partial charge in [-0.15, -0.1) is 0 Å². The van der Waals surface area contributed by atoms with Gasteiger partial charge in [-0.25, -0.2) is 0 Å². The minimum atomic E-state index is -0.0431. The van der Waals surface area contributed by atoms with Crippen LogP contribution in [0, 0.1) is 6.92 Å². The van der Waals surface area contributed by atoms with Crippen LogP contribution in [0.5, 0.6) is 0 Å². The highest BCUT2D eigenvalue weighted by Crippen LogP contribution is 2.21. The number of hydrogen-bond donors (Lipinski definition) is 0. The summed E-state index contributed by atoms with van der Waals surface area (Å²) in [5.74, 6) is -0.0431. The van der Waals surface area contributed by atoms with E-state index in [1.165, 1.54) is 0 Å². The third-order valence-electron chi connectivity index (χ3n) is 2.70. The van der Waals surface area contributed by atoms with Crippen molar-refractivity contribution < 1.29 is 4.79 Å². The molecule has 0 saturated carbocycles. The lowest BCUT2D eigenvalue weighted by atomic mass is 10.1. The topological polar surface area (TPSA) is 52.7 Å². The molecule has 96 valence electrons. The lowest BCUT2D eigenvalue weighted by molar-refractivity contribution is 0.102. The highest BCUT2D eigenvalue weighted by molar-refractivity contribution is 9.10. The predicted octanol–water partition coefficient (Wildman–Crippen LogP) is 2.33. The number of aromatic nitrogens is 4. The molecule has 2 heterocycles. The fourth-order valence-electron chi connectivity index (χ4n) is 1.92. The highest BCUT2D eigenvalue weighted by Gasteiger charge is 2.21. The summed E-state index contributed by atoms with van der Waals surface area (Å²) >= 11 is 3.39. The van der Waals surface area contributed by atoms with E-state index in [4.69, 9.17) is 0 Å². The third kappa shape index (κ3) is 2.25. The molecule has 0 bridgehead atoms. The van der Waals surface area contributed by atoms with Crippen molar-refractivity contribution in [2.24, 2.45) is 7.05 Å². The van der Waals surface area contributed by atoms with Crippen molar-refractivity contribution in [3.63, 3.8) is 0 Å². The van der Waals surface area contributed by atoms with Crippen LogP contribution < -0.4 is 0 Å². The first-order chi connectivity index (χ1) is 8.54. The van der Waals surface area contributed by atoms with Crippen molar-refractivity contribution in [3.8, 4) is 0 Å². The van der Waals surface area contributed by atoms with E-state index in [1.807, 2.05) is 14.0 Å². The summed E-state index contributed by atoms with van der Waals surface area (Å²) in [6.45, 7) is 4.62. The molecule has 0 radical (unpaired) electrons. The quantitative estimate of drug-likeness (QED) is 0.814. The molecule has 0 aliphatic rings. The molecule has 0 N–H and O–H groups in total. The van der Waals surface area contributed by atoms with E-state index in [9.17, 15) is 4.79 Å². The average molecular weight is 311 g/mol. The van der Waals surface area contributed by atoms with Gasteiger partial charge in [0.1, 0.15) is 5.69 Å². The molecular formula is C12H15BrN4O. The molecule has 18 heavy (non-hydrogen) atoms. The van der Waals surface area contributed by atoms with Gasteiger partial charge in [-0.2, -0.15) is 10.2 Å². The average Bonchev–Trinajstić information content (AvgIpc) is 2.82. The molecule has 2 aromatic heterocycles. The molecule has 2 aromatic rings. The number of hydrogen-bond acceptors (Lipinski definition) is 3. The van der Waals surface area contributed by atoms with Gasteiger partial charge in [0, 0.05) is 19.8 Å². The van der Waals surface area contributed by atoms with Crippen molar-refractivity contribution in [1.29, 1.82) is 0 Å². The molecular weight excluding hydrogens is 296 g/mol. The van der Waals surface area contributed by atoms with Gasteiger partial charge in [0.25, 0.3) is 0 Å². The summed E-state index contributed by atoms with van der Waals surface area (Å²) in [4.78, 5) is 12.5. The Kier molecular flexibility index (Phi) is 3.65. The van der Waals surface area contributed by atoms with E-state index in [-0.39, 0.29) is 5.78 Å². The fourth-order valence-corrected chi connectivity index (χ4v) is 2.40. The van der Waals surface area contributed by atoms with Crippen LogP contribution in [-0.4, -0.2) is 25.3 Å². The largest absolute Gasteiger partial charge is 0.287 e. The predicted molar refractivity (Wildman–Crippen MR) is 71.6 cm³/mol. The smallest absolute Gasteiger partial charge is 0.215 e. The number of rotatable bonds is 4. The van der Waals surface area contributed by atoms with Gasteiger partial charge in [0.15, 0.2) is 0 Å². The number of carbonyl (C=O) groups excluding carboxylic acids is 1. The van der Waals surface area contributed by atoms with Gasteiger partial charge in [-0.3, -0.25) is 14.2 Å². The van der Waals surface area contributed by atoms with Crippen LogP contribution in [-0.2, 0) is 13.6 Å². The Bertz CT molecular complexity index is 585. The molecule has 5 nitrogen and oxygen atoms in total. The molecule has 2 rings (SSSR count). The SMILES string of the molecule is CCCn1ncc(Br)c1C(=O)c1cn(C)nc1C. The summed E-state index contributed by atoms with van der Waals surface area (Å²) in [5.41, 5.74) is 1.95. The van der Waals surface area contributed by atoms with Crippen LogP contribution >= 0.6 is 15.9 Å². The zero-order valence-corrected chi connectivity index (χ0v) is 12.2. The summed E-state index contributed by atoms with van der Waals surface area (Å²) in [7, 11) is 1.81. The maximum Gasteiger partial charge on any atom is 0.215 e. The van der Waals surface area contributed by atoms with E-state index in [0.717, 1.165) is 23.1 Å². The fraction of sp³-hybridized carbons (Fsp3) is 0.417. The molecule has 0 unspecified atom stereocenters. The Hall–Kier alpha value is -1.43. The summed E-state index contributed by atoms with van der Waals surface area (Å²) in [5, 5.41) is 8.41. The van der Waals surface area contributed by atoms with E-state index < -0.39 is 0 Å². The Morgan fingerprint density at radius 2 is 2.22 bits per heavy atom. The molecule has 0 atom stereocenters. The Balaban J connectivity index is 2.45. The second-order valence-corrected chi connectivity index (χ2v) is 5.05. The van der Waals surface area contributed by atoms with Gasteiger partial charge in [0.05, 0.1) is 21.9 Å². The van der Waals surface area contributed by atoms with Crippen LogP contribution in [0.3, 0.4) is 0 Å². The molecule has 0 amide bonds. The van der Waals surface area contributed by atoms with Crippen molar-refractivity contribution in [1.82, 2.24) is 19.6 Å². The number of nitrogens with zero attached hydrogens (tertiary/aromatic N) is 4. The molecule has 0 aromatic carbocycles. The first-order valence-corrected chi connectivity index (χ1v) is 6.60. The first-order valence-electron chi connectivity index (χ1n) is 5.80. The number of ketones is 1. The van der Waals surface area contributed by atoms with Gasteiger partial charge in [-0.1, -0.05) is 6.92 Å². The summed E-state index contributed by atoms with van der Waals surface area (Å²) in [6.07, 6.45) is 4.34. The molecule has 0 spiro atoms. The van der Waals surface area contributed by atoms with Crippen LogP contribution in [0.1, 0.15) is 35.1 Å². The van der Waals surface area contributed by atoms with Crippen molar-refractivity contribution in [3.05, 3.63) is 33.8 Å². The monoisotopic (exact) mass is 310 g/mol. The van der Waals surface area contributed by atoms with Crippen LogP contribution in [0.15, 0.2) is 16.9 Å². The van der Waals surface area contributed by atoms with Gasteiger partial charge >= 0.3 is 0 Å². The normalized spacial score (nSPS) is 10.9. The molecule has 6 heteroatoms. The number of aryl methyl sites for hydroxylation is 3.